The van der Waals surface area contributed by atoms with Crippen LogP contribution >= 0.6 is 11.6 Å². The van der Waals surface area contributed by atoms with Crippen molar-refractivity contribution in [1.82, 2.24) is 5.32 Å². The van der Waals surface area contributed by atoms with E-state index in [-0.39, 0.29) is 16.7 Å². The van der Waals surface area contributed by atoms with Gasteiger partial charge in [0.2, 0.25) is 5.91 Å². The van der Waals surface area contributed by atoms with Crippen LogP contribution in [0.3, 0.4) is 0 Å². The zero-order chi connectivity index (χ0) is 15.6. The minimum Gasteiger partial charge on any atom is -0.384 e. The molecule has 2 saturated carbocycles. The van der Waals surface area contributed by atoms with E-state index in [4.69, 9.17) is 16.3 Å². The van der Waals surface area contributed by atoms with Gasteiger partial charge < -0.3 is 10.1 Å². The fraction of sp³-hybridized carbons (Fsp3) is 0.611. The summed E-state index contributed by atoms with van der Waals surface area (Å²) in [4.78, 5) is 12.7. The first-order valence-corrected chi connectivity index (χ1v) is 8.51. The SMILES string of the molecule is COCC1(CNC(=O)C2(c3ccc(Cl)cc3)CC2)CCCC1. The third-order valence-corrected chi connectivity index (χ3v) is 5.57. The number of hydrogen-bond donors (Lipinski definition) is 1. The van der Waals surface area contributed by atoms with E-state index >= 15 is 0 Å². The number of ether oxygens (including phenoxy) is 1. The van der Waals surface area contributed by atoms with Crippen molar-refractivity contribution in [2.75, 3.05) is 20.3 Å². The van der Waals surface area contributed by atoms with Crippen LogP contribution in [0.5, 0.6) is 0 Å². The Morgan fingerprint density at radius 1 is 1.18 bits per heavy atom. The van der Waals surface area contributed by atoms with Gasteiger partial charge in [-0.05, 0) is 43.4 Å². The van der Waals surface area contributed by atoms with Crippen LogP contribution in [0.2, 0.25) is 5.02 Å². The smallest absolute Gasteiger partial charge is 0.230 e. The van der Waals surface area contributed by atoms with E-state index in [1.165, 1.54) is 12.8 Å². The van der Waals surface area contributed by atoms with Crippen LogP contribution in [-0.2, 0) is 14.9 Å². The second-order valence-corrected chi connectivity index (χ2v) is 7.35. The monoisotopic (exact) mass is 321 g/mol. The van der Waals surface area contributed by atoms with Crippen molar-refractivity contribution in [2.24, 2.45) is 5.41 Å². The van der Waals surface area contributed by atoms with Crippen LogP contribution in [0.15, 0.2) is 24.3 Å². The van der Waals surface area contributed by atoms with E-state index in [0.29, 0.717) is 5.02 Å². The van der Waals surface area contributed by atoms with Gasteiger partial charge in [0.15, 0.2) is 0 Å². The summed E-state index contributed by atoms with van der Waals surface area (Å²) in [5, 5.41) is 3.93. The molecule has 1 N–H and O–H groups in total. The van der Waals surface area contributed by atoms with E-state index in [1.54, 1.807) is 7.11 Å². The molecule has 22 heavy (non-hydrogen) atoms. The highest BCUT2D eigenvalue weighted by Crippen LogP contribution is 2.49. The minimum atomic E-state index is -0.322. The van der Waals surface area contributed by atoms with Crippen LogP contribution in [0.25, 0.3) is 0 Å². The second-order valence-electron chi connectivity index (χ2n) is 6.91. The van der Waals surface area contributed by atoms with Crippen LogP contribution in [-0.4, -0.2) is 26.2 Å². The molecule has 1 aromatic rings. The fourth-order valence-corrected chi connectivity index (χ4v) is 3.91. The van der Waals surface area contributed by atoms with Crippen LogP contribution in [0, 0.1) is 5.41 Å². The first-order valence-electron chi connectivity index (χ1n) is 8.14. The van der Waals surface area contributed by atoms with Gasteiger partial charge in [0.25, 0.3) is 0 Å². The van der Waals surface area contributed by atoms with Crippen LogP contribution in [0.1, 0.15) is 44.1 Å². The van der Waals surface area contributed by atoms with Crippen LogP contribution in [0.4, 0.5) is 0 Å². The van der Waals surface area contributed by atoms with Gasteiger partial charge in [-0.15, -0.1) is 0 Å². The second kappa shape index (κ2) is 6.21. The Morgan fingerprint density at radius 3 is 2.36 bits per heavy atom. The summed E-state index contributed by atoms with van der Waals surface area (Å²) in [5.74, 6) is 0.164. The summed E-state index contributed by atoms with van der Waals surface area (Å²) in [6.45, 7) is 1.47. The molecule has 120 valence electrons. The number of benzene rings is 1. The summed E-state index contributed by atoms with van der Waals surface area (Å²) in [6.07, 6.45) is 6.63. The molecule has 0 heterocycles. The summed E-state index contributed by atoms with van der Waals surface area (Å²) in [6, 6.07) is 7.70. The highest BCUT2D eigenvalue weighted by atomic mass is 35.5. The third kappa shape index (κ3) is 3.02. The summed E-state index contributed by atoms with van der Waals surface area (Å²) in [5.41, 5.74) is 0.902. The molecule has 3 rings (SSSR count). The lowest BCUT2D eigenvalue weighted by atomic mass is 9.86. The molecular formula is C18H24ClNO2. The Morgan fingerprint density at radius 2 is 1.82 bits per heavy atom. The highest BCUT2D eigenvalue weighted by molar-refractivity contribution is 6.30. The summed E-state index contributed by atoms with van der Waals surface area (Å²) < 4.78 is 5.39. The number of rotatable bonds is 6. The number of carbonyl (C=O) groups is 1. The molecule has 0 spiro atoms. The van der Waals surface area contributed by atoms with Gasteiger partial charge in [0.05, 0.1) is 12.0 Å². The van der Waals surface area contributed by atoms with Crippen molar-refractivity contribution in [1.29, 1.82) is 0 Å². The predicted molar refractivity (Wildman–Crippen MR) is 88.2 cm³/mol. The first kappa shape index (κ1) is 15.8. The van der Waals surface area contributed by atoms with Crippen molar-refractivity contribution in [3.05, 3.63) is 34.9 Å². The van der Waals surface area contributed by atoms with E-state index in [0.717, 1.165) is 44.4 Å². The fourth-order valence-electron chi connectivity index (χ4n) is 3.78. The molecule has 0 saturated heterocycles. The Balaban J connectivity index is 1.65. The lowest BCUT2D eigenvalue weighted by Crippen LogP contribution is -2.43. The molecule has 2 aliphatic rings. The molecular weight excluding hydrogens is 298 g/mol. The average Bonchev–Trinajstić information content (AvgIpc) is 3.20. The largest absolute Gasteiger partial charge is 0.384 e. The van der Waals surface area contributed by atoms with Crippen molar-refractivity contribution in [2.45, 2.75) is 43.9 Å². The number of hydrogen-bond acceptors (Lipinski definition) is 2. The molecule has 0 aromatic heterocycles. The maximum atomic E-state index is 12.7. The maximum absolute atomic E-state index is 12.7. The van der Waals surface area contributed by atoms with Gasteiger partial charge in [0, 0.05) is 24.1 Å². The number of nitrogens with one attached hydrogen (secondary N) is 1. The average molecular weight is 322 g/mol. The van der Waals surface area contributed by atoms with Gasteiger partial charge in [-0.2, -0.15) is 0 Å². The van der Waals surface area contributed by atoms with Gasteiger partial charge in [-0.3, -0.25) is 4.79 Å². The van der Waals surface area contributed by atoms with Crippen molar-refractivity contribution >= 4 is 17.5 Å². The summed E-state index contributed by atoms with van der Waals surface area (Å²) in [7, 11) is 1.75. The number of amides is 1. The molecule has 0 atom stereocenters. The van der Waals surface area contributed by atoms with Gasteiger partial charge >= 0.3 is 0 Å². The van der Waals surface area contributed by atoms with Crippen LogP contribution < -0.4 is 5.32 Å². The van der Waals surface area contributed by atoms with E-state index in [9.17, 15) is 4.79 Å². The van der Waals surface area contributed by atoms with E-state index < -0.39 is 0 Å². The normalized spacial score (nSPS) is 21.5. The zero-order valence-electron chi connectivity index (χ0n) is 13.2. The Hall–Kier alpha value is -1.06. The summed E-state index contributed by atoms with van der Waals surface area (Å²) >= 11 is 5.95. The Kier molecular flexibility index (Phi) is 4.47. The molecule has 2 aliphatic carbocycles. The lowest BCUT2D eigenvalue weighted by Gasteiger charge is -2.29. The third-order valence-electron chi connectivity index (χ3n) is 5.32. The van der Waals surface area contributed by atoms with Crippen molar-refractivity contribution in [3.63, 3.8) is 0 Å². The van der Waals surface area contributed by atoms with Crippen molar-refractivity contribution < 1.29 is 9.53 Å². The molecule has 0 radical (unpaired) electrons. The highest BCUT2D eigenvalue weighted by Gasteiger charge is 2.51. The standard InChI is InChI=1S/C18H24ClNO2/c1-22-13-17(8-2-3-9-17)12-20-16(21)18(10-11-18)14-4-6-15(19)7-5-14/h4-7H,2-3,8-13H2,1H3,(H,20,21). The lowest BCUT2D eigenvalue weighted by molar-refractivity contribution is -0.124. The number of methoxy groups -OCH3 is 1. The predicted octanol–water partition coefficient (Wildman–Crippen LogP) is 3.69. The Bertz CT molecular complexity index is 531. The number of carbonyl (C=O) groups excluding carboxylic acids is 1. The van der Waals surface area contributed by atoms with Crippen molar-refractivity contribution in [3.8, 4) is 0 Å². The topological polar surface area (TPSA) is 38.3 Å². The quantitative estimate of drug-likeness (QED) is 0.867. The van der Waals surface area contributed by atoms with E-state index in [2.05, 4.69) is 5.32 Å². The molecule has 2 fully saturated rings. The number of halogens is 1. The molecule has 0 bridgehead atoms. The molecule has 0 unspecified atom stereocenters. The molecule has 3 nitrogen and oxygen atoms in total. The first-order chi connectivity index (χ1) is 10.6. The maximum Gasteiger partial charge on any atom is 0.230 e. The van der Waals surface area contributed by atoms with Gasteiger partial charge in [0.1, 0.15) is 0 Å². The van der Waals surface area contributed by atoms with Gasteiger partial charge in [-0.1, -0.05) is 36.6 Å². The van der Waals surface area contributed by atoms with Gasteiger partial charge in [-0.25, -0.2) is 0 Å². The zero-order valence-corrected chi connectivity index (χ0v) is 13.9. The van der Waals surface area contributed by atoms with E-state index in [1.807, 2.05) is 24.3 Å². The Labute approximate surface area is 137 Å². The molecule has 1 aromatic carbocycles. The molecule has 0 aliphatic heterocycles. The molecule has 1 amide bonds. The minimum absolute atomic E-state index is 0.139. The molecule has 4 heteroatoms.